The van der Waals surface area contributed by atoms with Crippen molar-refractivity contribution in [3.63, 3.8) is 0 Å². The molecule has 0 N–H and O–H groups in total. The molecule has 140 valence electrons. The van der Waals surface area contributed by atoms with Crippen molar-refractivity contribution in [3.05, 3.63) is 34.9 Å². The molecule has 0 aliphatic carbocycles. The van der Waals surface area contributed by atoms with Gasteiger partial charge in [-0.05, 0) is 68.6 Å². The second-order valence-corrected chi connectivity index (χ2v) is 7.79. The minimum atomic E-state index is -0.326. The maximum Gasteiger partial charge on any atom is 0.410 e. The molecule has 0 aromatic heterocycles. The van der Waals surface area contributed by atoms with Gasteiger partial charge < -0.3 is 19.3 Å². The van der Waals surface area contributed by atoms with E-state index in [9.17, 15) is 9.59 Å². The third-order valence-electron chi connectivity index (χ3n) is 6.27. The number of amides is 1. The van der Waals surface area contributed by atoms with Crippen LogP contribution in [0, 0.1) is 5.41 Å². The van der Waals surface area contributed by atoms with Gasteiger partial charge in [-0.3, -0.25) is 0 Å². The minimum Gasteiger partial charge on any atom is -0.465 e. The number of piperidine rings is 3. The number of fused-ring (bicyclic) bond motifs is 4. The lowest BCUT2D eigenvalue weighted by Crippen LogP contribution is -2.50. The maximum atomic E-state index is 12.6. The molecule has 4 aliphatic rings. The summed E-state index contributed by atoms with van der Waals surface area (Å²) >= 11 is 0. The van der Waals surface area contributed by atoms with E-state index in [0.717, 1.165) is 56.4 Å². The maximum absolute atomic E-state index is 12.6. The lowest BCUT2D eigenvalue weighted by atomic mass is 9.73. The molecule has 26 heavy (non-hydrogen) atoms. The number of hydrogen-bond acceptors (Lipinski definition) is 5. The summed E-state index contributed by atoms with van der Waals surface area (Å²) in [7, 11) is 1.38. The Hall–Kier alpha value is -2.08. The molecule has 0 saturated carbocycles. The van der Waals surface area contributed by atoms with Crippen molar-refractivity contribution < 1.29 is 19.1 Å². The minimum absolute atomic E-state index is 0.202. The number of esters is 1. The van der Waals surface area contributed by atoms with Crippen LogP contribution in [-0.2, 0) is 22.4 Å². The van der Waals surface area contributed by atoms with Crippen molar-refractivity contribution in [3.8, 4) is 0 Å². The highest BCUT2D eigenvalue weighted by atomic mass is 16.6. The van der Waals surface area contributed by atoms with Crippen molar-refractivity contribution in [2.75, 3.05) is 39.9 Å². The van der Waals surface area contributed by atoms with Crippen LogP contribution in [-0.4, -0.2) is 61.8 Å². The van der Waals surface area contributed by atoms with Crippen LogP contribution in [0.5, 0.6) is 0 Å². The molecule has 3 fully saturated rings. The fourth-order valence-electron chi connectivity index (χ4n) is 4.37. The highest BCUT2D eigenvalue weighted by Crippen LogP contribution is 2.40. The lowest BCUT2D eigenvalue weighted by Gasteiger charge is -2.48. The van der Waals surface area contributed by atoms with Gasteiger partial charge in [0.1, 0.15) is 0 Å². The SMILES string of the molecule is COC(=O)c1ccc2c(c1)CCN(C(=O)OCC13CCN(CC1)CC3)C2. The van der Waals surface area contributed by atoms with Crippen molar-refractivity contribution in [1.29, 1.82) is 0 Å². The van der Waals surface area contributed by atoms with Gasteiger partial charge in [-0.25, -0.2) is 9.59 Å². The Morgan fingerprint density at radius 2 is 1.81 bits per heavy atom. The van der Waals surface area contributed by atoms with Gasteiger partial charge >= 0.3 is 12.1 Å². The number of nitrogens with zero attached hydrogens (tertiary/aromatic N) is 2. The van der Waals surface area contributed by atoms with Gasteiger partial charge in [0.15, 0.2) is 0 Å². The molecule has 1 aromatic carbocycles. The van der Waals surface area contributed by atoms with E-state index in [1.54, 1.807) is 11.0 Å². The third-order valence-corrected chi connectivity index (χ3v) is 6.27. The van der Waals surface area contributed by atoms with Gasteiger partial charge in [-0.2, -0.15) is 0 Å². The molecule has 0 spiro atoms. The average molecular weight is 358 g/mol. The Bertz CT molecular complexity index is 696. The Balaban J connectivity index is 1.36. The summed E-state index contributed by atoms with van der Waals surface area (Å²) in [5.74, 6) is -0.326. The Labute approximate surface area is 154 Å². The zero-order valence-electron chi connectivity index (χ0n) is 15.3. The number of carbonyl (C=O) groups is 2. The van der Waals surface area contributed by atoms with Crippen molar-refractivity contribution in [2.24, 2.45) is 5.41 Å². The normalized spacial score (nSPS) is 27.0. The van der Waals surface area contributed by atoms with Crippen LogP contribution in [0.15, 0.2) is 18.2 Å². The van der Waals surface area contributed by atoms with Crippen LogP contribution in [0.3, 0.4) is 0 Å². The third kappa shape index (κ3) is 3.30. The van der Waals surface area contributed by atoms with E-state index in [4.69, 9.17) is 9.47 Å². The fraction of sp³-hybridized carbons (Fsp3) is 0.600. The van der Waals surface area contributed by atoms with Gasteiger partial charge in [-0.1, -0.05) is 6.07 Å². The highest BCUT2D eigenvalue weighted by Gasteiger charge is 2.40. The Morgan fingerprint density at radius 1 is 1.08 bits per heavy atom. The van der Waals surface area contributed by atoms with Crippen LogP contribution < -0.4 is 0 Å². The van der Waals surface area contributed by atoms with E-state index in [0.29, 0.717) is 25.3 Å². The van der Waals surface area contributed by atoms with Crippen molar-refractivity contribution in [2.45, 2.75) is 32.2 Å². The summed E-state index contributed by atoms with van der Waals surface area (Å²) in [5.41, 5.74) is 2.94. The van der Waals surface area contributed by atoms with Gasteiger partial charge in [-0.15, -0.1) is 0 Å². The summed E-state index contributed by atoms with van der Waals surface area (Å²) in [5, 5.41) is 0. The first-order valence-electron chi connectivity index (χ1n) is 9.43. The predicted molar refractivity (Wildman–Crippen MR) is 96.0 cm³/mol. The van der Waals surface area contributed by atoms with E-state index in [-0.39, 0.29) is 17.5 Å². The molecule has 1 aromatic rings. The highest BCUT2D eigenvalue weighted by molar-refractivity contribution is 5.89. The molecular weight excluding hydrogens is 332 g/mol. The van der Waals surface area contributed by atoms with E-state index in [2.05, 4.69) is 4.90 Å². The molecule has 4 heterocycles. The first-order valence-corrected chi connectivity index (χ1v) is 9.43. The Kier molecular flexibility index (Phi) is 4.61. The zero-order chi connectivity index (χ0) is 18.1. The van der Waals surface area contributed by atoms with Gasteiger partial charge in [0.2, 0.25) is 0 Å². The summed E-state index contributed by atoms with van der Waals surface area (Å²) in [4.78, 5) is 28.5. The second kappa shape index (κ2) is 6.91. The summed E-state index contributed by atoms with van der Waals surface area (Å²) in [6, 6.07) is 5.55. The summed E-state index contributed by atoms with van der Waals surface area (Å²) < 4.78 is 10.5. The van der Waals surface area contributed by atoms with E-state index in [1.807, 2.05) is 12.1 Å². The van der Waals surface area contributed by atoms with Crippen LogP contribution in [0.25, 0.3) is 0 Å². The zero-order valence-corrected chi connectivity index (χ0v) is 15.3. The standard InChI is InChI=1S/C20H26N2O4/c1-25-18(23)16-2-3-17-13-22(8-4-15(17)12-16)19(24)26-14-20-5-9-21(10-6-20)11-7-20/h2-3,12H,4-11,13-14H2,1H3. The van der Waals surface area contributed by atoms with Crippen LogP contribution >= 0.6 is 0 Å². The molecule has 0 unspecified atom stereocenters. The van der Waals surface area contributed by atoms with Gasteiger partial charge in [0.25, 0.3) is 0 Å². The lowest BCUT2D eigenvalue weighted by molar-refractivity contribution is -0.0288. The molecule has 1 amide bonds. The van der Waals surface area contributed by atoms with Gasteiger partial charge in [0.05, 0.1) is 19.3 Å². The Morgan fingerprint density at radius 3 is 2.50 bits per heavy atom. The van der Waals surface area contributed by atoms with Crippen molar-refractivity contribution >= 4 is 12.1 Å². The second-order valence-electron chi connectivity index (χ2n) is 7.79. The van der Waals surface area contributed by atoms with E-state index >= 15 is 0 Å². The topological polar surface area (TPSA) is 59.1 Å². The van der Waals surface area contributed by atoms with Crippen LogP contribution in [0.1, 0.15) is 40.7 Å². The number of carbonyl (C=O) groups excluding carboxylic acids is 2. The number of ether oxygens (including phenoxy) is 2. The smallest absolute Gasteiger partial charge is 0.410 e. The molecule has 0 atom stereocenters. The van der Waals surface area contributed by atoms with E-state index < -0.39 is 0 Å². The number of benzene rings is 1. The molecule has 2 bridgehead atoms. The number of rotatable bonds is 3. The average Bonchev–Trinajstić information content (AvgIpc) is 2.72. The molecule has 5 rings (SSSR count). The molecule has 3 saturated heterocycles. The quantitative estimate of drug-likeness (QED) is 0.777. The van der Waals surface area contributed by atoms with E-state index in [1.165, 1.54) is 7.11 Å². The summed E-state index contributed by atoms with van der Waals surface area (Å²) in [6.45, 7) is 5.11. The number of methoxy groups -OCH3 is 1. The molecule has 0 radical (unpaired) electrons. The molecule has 6 heteroatoms. The summed E-state index contributed by atoms with van der Waals surface area (Å²) in [6.07, 6.45) is 3.93. The monoisotopic (exact) mass is 358 g/mol. The van der Waals surface area contributed by atoms with Gasteiger partial charge in [0, 0.05) is 18.5 Å². The first kappa shape index (κ1) is 17.3. The van der Waals surface area contributed by atoms with Crippen LogP contribution in [0.2, 0.25) is 0 Å². The number of hydrogen-bond donors (Lipinski definition) is 0. The van der Waals surface area contributed by atoms with Crippen LogP contribution in [0.4, 0.5) is 4.79 Å². The van der Waals surface area contributed by atoms with Crippen molar-refractivity contribution in [1.82, 2.24) is 9.80 Å². The first-order chi connectivity index (χ1) is 12.6. The molecule has 4 aliphatic heterocycles. The largest absolute Gasteiger partial charge is 0.465 e. The molecular formula is C20H26N2O4. The predicted octanol–water partition coefficient (Wildman–Crippen LogP) is 2.45. The molecule has 6 nitrogen and oxygen atoms in total. The fourth-order valence-corrected chi connectivity index (χ4v) is 4.37.